The van der Waals surface area contributed by atoms with Gasteiger partial charge in [0, 0.05) is 12.7 Å². The lowest BCUT2D eigenvalue weighted by atomic mass is 10.3. The molecule has 5 nitrogen and oxygen atoms in total. The summed E-state index contributed by atoms with van der Waals surface area (Å²) in [5.41, 5.74) is 1.76. The van der Waals surface area contributed by atoms with E-state index in [2.05, 4.69) is 4.98 Å². The van der Waals surface area contributed by atoms with Crippen LogP contribution in [0, 0.1) is 5.82 Å². The fraction of sp³-hybridized carbons (Fsp3) is 0.0952. The molecule has 146 valence electrons. The molecule has 29 heavy (non-hydrogen) atoms. The van der Waals surface area contributed by atoms with E-state index < -0.39 is 0 Å². The van der Waals surface area contributed by atoms with Crippen LogP contribution in [0.3, 0.4) is 0 Å². The van der Waals surface area contributed by atoms with E-state index in [0.29, 0.717) is 26.7 Å². The zero-order chi connectivity index (χ0) is 20.4. The number of amides is 1. The van der Waals surface area contributed by atoms with E-state index in [1.807, 2.05) is 35.7 Å². The van der Waals surface area contributed by atoms with Gasteiger partial charge in [0.25, 0.3) is 5.56 Å². The number of halogens is 1. The van der Waals surface area contributed by atoms with Crippen molar-refractivity contribution >= 4 is 44.9 Å². The molecule has 1 amide bonds. The minimum atomic E-state index is -0.357. The van der Waals surface area contributed by atoms with Crippen molar-refractivity contribution in [3.05, 3.63) is 82.2 Å². The standard InChI is InChI=1S/C21H16FN3O2S2/c1-24(15-9-7-14(22)8-10-15)18(26)13-29-21-23-17-11-12-28-19(17)20(27)25(21)16-5-3-2-4-6-16/h2-12H,13H2,1H3. The molecule has 2 aromatic heterocycles. The summed E-state index contributed by atoms with van der Waals surface area (Å²) in [4.78, 5) is 31.7. The smallest absolute Gasteiger partial charge is 0.276 e. The predicted molar refractivity (Wildman–Crippen MR) is 116 cm³/mol. The molecule has 2 heterocycles. The van der Waals surface area contributed by atoms with Crippen molar-refractivity contribution in [1.29, 1.82) is 0 Å². The molecule has 0 saturated carbocycles. The molecule has 0 spiro atoms. The van der Waals surface area contributed by atoms with E-state index in [9.17, 15) is 14.0 Å². The van der Waals surface area contributed by atoms with E-state index >= 15 is 0 Å². The Bertz CT molecular complexity index is 1220. The lowest BCUT2D eigenvalue weighted by Crippen LogP contribution is -2.28. The van der Waals surface area contributed by atoms with Gasteiger partial charge >= 0.3 is 0 Å². The summed E-state index contributed by atoms with van der Waals surface area (Å²) in [6.45, 7) is 0. The normalized spacial score (nSPS) is 11.0. The highest BCUT2D eigenvalue weighted by Gasteiger charge is 2.17. The largest absolute Gasteiger partial charge is 0.315 e. The second kappa shape index (κ2) is 8.18. The maximum Gasteiger partial charge on any atom is 0.276 e. The van der Waals surface area contributed by atoms with E-state index in [1.54, 1.807) is 25.2 Å². The minimum absolute atomic E-state index is 0.0861. The molecular weight excluding hydrogens is 409 g/mol. The van der Waals surface area contributed by atoms with E-state index in [-0.39, 0.29) is 23.0 Å². The summed E-state index contributed by atoms with van der Waals surface area (Å²) in [6.07, 6.45) is 0. The summed E-state index contributed by atoms with van der Waals surface area (Å²) >= 11 is 2.55. The molecule has 0 fully saturated rings. The van der Waals surface area contributed by atoms with Gasteiger partial charge in [-0.2, -0.15) is 0 Å². The number of thiophene rings is 1. The fourth-order valence-electron chi connectivity index (χ4n) is 2.83. The number of nitrogens with zero attached hydrogens (tertiary/aromatic N) is 3. The van der Waals surface area contributed by atoms with Gasteiger partial charge in [0.15, 0.2) is 5.16 Å². The van der Waals surface area contributed by atoms with Crippen molar-refractivity contribution < 1.29 is 9.18 Å². The van der Waals surface area contributed by atoms with Crippen LogP contribution in [0.2, 0.25) is 0 Å². The summed E-state index contributed by atoms with van der Waals surface area (Å²) in [5, 5.41) is 2.28. The molecular formula is C21H16FN3O2S2. The molecule has 4 aromatic rings. The Balaban J connectivity index is 1.64. The number of carbonyl (C=O) groups excluding carboxylic acids is 1. The number of hydrogen-bond acceptors (Lipinski definition) is 5. The van der Waals surface area contributed by atoms with Crippen molar-refractivity contribution in [2.75, 3.05) is 17.7 Å². The summed E-state index contributed by atoms with van der Waals surface area (Å²) in [7, 11) is 1.63. The highest BCUT2D eigenvalue weighted by atomic mass is 32.2. The van der Waals surface area contributed by atoms with Gasteiger partial charge in [0.05, 0.1) is 17.0 Å². The minimum Gasteiger partial charge on any atom is -0.315 e. The topological polar surface area (TPSA) is 55.2 Å². The van der Waals surface area contributed by atoms with Gasteiger partial charge in [0.1, 0.15) is 10.5 Å². The fourth-order valence-corrected chi connectivity index (χ4v) is 4.51. The Kier molecular flexibility index (Phi) is 5.46. The van der Waals surface area contributed by atoms with Crippen molar-refractivity contribution in [3.63, 3.8) is 0 Å². The molecule has 8 heteroatoms. The number of fused-ring (bicyclic) bond motifs is 1. The number of rotatable bonds is 5. The van der Waals surface area contributed by atoms with E-state index in [4.69, 9.17) is 0 Å². The Morgan fingerprint density at radius 3 is 2.59 bits per heavy atom. The molecule has 0 N–H and O–H groups in total. The van der Waals surface area contributed by atoms with Gasteiger partial charge in [-0.3, -0.25) is 14.2 Å². The van der Waals surface area contributed by atoms with Crippen LogP contribution in [-0.2, 0) is 4.79 Å². The molecule has 0 atom stereocenters. The highest BCUT2D eigenvalue weighted by molar-refractivity contribution is 7.99. The molecule has 0 saturated heterocycles. The van der Waals surface area contributed by atoms with Crippen LogP contribution in [0.15, 0.2) is 76.0 Å². The Morgan fingerprint density at radius 2 is 1.86 bits per heavy atom. The van der Waals surface area contributed by atoms with E-state index in [0.717, 1.165) is 0 Å². The van der Waals surface area contributed by atoms with E-state index in [1.165, 1.54) is 44.7 Å². The first kappa shape index (κ1) is 19.4. The van der Waals surface area contributed by atoms with Crippen molar-refractivity contribution in [1.82, 2.24) is 9.55 Å². The van der Waals surface area contributed by atoms with Crippen LogP contribution in [0.25, 0.3) is 15.9 Å². The monoisotopic (exact) mass is 425 g/mol. The Hall–Kier alpha value is -2.97. The molecule has 4 rings (SSSR count). The number of aromatic nitrogens is 2. The van der Waals surface area contributed by atoms with Gasteiger partial charge < -0.3 is 4.90 Å². The number of anilines is 1. The third-order valence-corrected chi connectivity index (χ3v) is 6.19. The predicted octanol–water partition coefficient (Wildman–Crippen LogP) is 4.34. The van der Waals surface area contributed by atoms with Crippen LogP contribution in [0.4, 0.5) is 10.1 Å². The van der Waals surface area contributed by atoms with Crippen molar-refractivity contribution in [2.24, 2.45) is 0 Å². The third kappa shape index (κ3) is 3.94. The lowest BCUT2D eigenvalue weighted by molar-refractivity contribution is -0.115. The van der Waals surface area contributed by atoms with Crippen LogP contribution in [0.5, 0.6) is 0 Å². The van der Waals surface area contributed by atoms with Crippen LogP contribution >= 0.6 is 23.1 Å². The van der Waals surface area contributed by atoms with Gasteiger partial charge in [-0.15, -0.1) is 11.3 Å². The van der Waals surface area contributed by atoms with Crippen LogP contribution in [0.1, 0.15) is 0 Å². The van der Waals surface area contributed by atoms with Gasteiger partial charge in [0.2, 0.25) is 5.91 Å². The molecule has 0 bridgehead atoms. The molecule has 0 unspecified atom stereocenters. The quantitative estimate of drug-likeness (QED) is 0.353. The zero-order valence-corrected chi connectivity index (χ0v) is 17.0. The van der Waals surface area contributed by atoms with Gasteiger partial charge in [-0.05, 0) is 47.8 Å². The molecule has 2 aromatic carbocycles. The van der Waals surface area contributed by atoms with Crippen LogP contribution in [-0.4, -0.2) is 28.3 Å². The number of hydrogen-bond donors (Lipinski definition) is 0. The third-order valence-electron chi connectivity index (χ3n) is 4.38. The maximum absolute atomic E-state index is 13.1. The SMILES string of the molecule is CN(C(=O)CSc1nc2ccsc2c(=O)n1-c1ccccc1)c1ccc(F)cc1. The molecule has 0 radical (unpaired) electrons. The zero-order valence-electron chi connectivity index (χ0n) is 15.4. The second-order valence-electron chi connectivity index (χ2n) is 6.22. The Labute approximate surface area is 174 Å². The lowest BCUT2D eigenvalue weighted by Gasteiger charge is -2.17. The molecule has 0 aliphatic carbocycles. The number of benzene rings is 2. The number of thioether (sulfide) groups is 1. The van der Waals surface area contributed by atoms with Crippen molar-refractivity contribution in [2.45, 2.75) is 5.16 Å². The van der Waals surface area contributed by atoms with Gasteiger partial charge in [-0.25, -0.2) is 9.37 Å². The van der Waals surface area contributed by atoms with Gasteiger partial charge in [-0.1, -0.05) is 30.0 Å². The summed E-state index contributed by atoms with van der Waals surface area (Å²) < 4.78 is 15.2. The summed E-state index contributed by atoms with van der Waals surface area (Å²) in [5.74, 6) is -0.451. The average Bonchev–Trinajstić information content (AvgIpc) is 3.22. The van der Waals surface area contributed by atoms with Crippen LogP contribution < -0.4 is 10.5 Å². The number of para-hydroxylation sites is 1. The average molecular weight is 426 g/mol. The highest BCUT2D eigenvalue weighted by Crippen LogP contribution is 2.24. The summed E-state index contributed by atoms with van der Waals surface area (Å²) in [6, 6.07) is 16.8. The molecule has 0 aliphatic heterocycles. The first-order valence-electron chi connectivity index (χ1n) is 8.75. The maximum atomic E-state index is 13.1. The second-order valence-corrected chi connectivity index (χ2v) is 8.08. The Morgan fingerprint density at radius 1 is 1.14 bits per heavy atom. The first-order valence-corrected chi connectivity index (χ1v) is 10.6. The number of carbonyl (C=O) groups is 1. The molecule has 0 aliphatic rings. The van der Waals surface area contributed by atoms with Crippen molar-refractivity contribution in [3.8, 4) is 5.69 Å². The first-order chi connectivity index (χ1) is 14.0.